The Kier molecular flexibility index (Phi) is 4.44. The molecule has 0 aromatic carbocycles. The van der Waals surface area contributed by atoms with Gasteiger partial charge in [0.1, 0.15) is 0 Å². The van der Waals surface area contributed by atoms with E-state index in [9.17, 15) is 0 Å². The molecule has 2 aliphatic carbocycles. The van der Waals surface area contributed by atoms with E-state index in [0.29, 0.717) is 6.04 Å². The summed E-state index contributed by atoms with van der Waals surface area (Å²) in [6.07, 6.45) is 10.7. The van der Waals surface area contributed by atoms with Crippen LogP contribution in [0.3, 0.4) is 0 Å². The van der Waals surface area contributed by atoms with Crippen LogP contribution in [0.5, 0.6) is 0 Å². The maximum absolute atomic E-state index is 5.50. The van der Waals surface area contributed by atoms with E-state index in [4.69, 9.17) is 12.2 Å². The molecule has 0 atom stereocenters. The fourth-order valence-corrected chi connectivity index (χ4v) is 3.80. The van der Waals surface area contributed by atoms with Crippen LogP contribution < -0.4 is 4.90 Å². The third-order valence-corrected chi connectivity index (χ3v) is 5.28. The van der Waals surface area contributed by atoms with Crippen LogP contribution in [0.2, 0.25) is 0 Å². The van der Waals surface area contributed by atoms with Crippen LogP contribution in [0.1, 0.15) is 64.3 Å². The van der Waals surface area contributed by atoms with Gasteiger partial charge in [-0.2, -0.15) is 0 Å². The van der Waals surface area contributed by atoms with Crippen molar-refractivity contribution >= 4 is 18.2 Å². The highest BCUT2D eigenvalue weighted by Crippen LogP contribution is 2.33. The third kappa shape index (κ3) is 2.78. The number of H-pyrrole nitrogens is 1. The summed E-state index contributed by atoms with van der Waals surface area (Å²) in [6, 6.07) is 0.556. The molecule has 2 aliphatic rings. The maximum Gasteiger partial charge on any atom is 0.225 e. The van der Waals surface area contributed by atoms with Crippen LogP contribution in [-0.2, 0) is 0 Å². The minimum absolute atomic E-state index is 0.556. The van der Waals surface area contributed by atoms with Crippen LogP contribution in [0.15, 0.2) is 0 Å². The average molecular weight is 294 g/mol. The summed E-state index contributed by atoms with van der Waals surface area (Å²) in [5.41, 5.74) is 0. The van der Waals surface area contributed by atoms with Crippen molar-refractivity contribution in [2.45, 2.75) is 64.3 Å². The zero-order valence-corrected chi connectivity index (χ0v) is 13.3. The van der Waals surface area contributed by atoms with Crippen LogP contribution >= 0.6 is 12.2 Å². The van der Waals surface area contributed by atoms with Gasteiger partial charge >= 0.3 is 0 Å². The highest BCUT2D eigenvalue weighted by molar-refractivity contribution is 7.71. The van der Waals surface area contributed by atoms with Crippen molar-refractivity contribution in [1.29, 1.82) is 0 Å². The van der Waals surface area contributed by atoms with E-state index in [0.717, 1.165) is 29.7 Å². The van der Waals surface area contributed by atoms with Crippen molar-refractivity contribution in [1.82, 2.24) is 14.8 Å². The first-order valence-corrected chi connectivity index (χ1v) is 8.62. The molecule has 0 bridgehead atoms. The minimum Gasteiger partial charge on any atom is -0.341 e. The van der Waals surface area contributed by atoms with Crippen LogP contribution in [0.4, 0.5) is 5.95 Å². The summed E-state index contributed by atoms with van der Waals surface area (Å²) >= 11 is 5.50. The first kappa shape index (κ1) is 14.1. The lowest BCUT2D eigenvalue weighted by atomic mass is 9.85. The molecule has 1 heterocycles. The Morgan fingerprint density at radius 2 is 1.95 bits per heavy atom. The van der Waals surface area contributed by atoms with Gasteiger partial charge in [-0.25, -0.2) is 5.10 Å². The molecule has 5 heteroatoms. The predicted octanol–water partition coefficient (Wildman–Crippen LogP) is 4.07. The number of nitrogens with one attached hydrogen (secondary N) is 1. The second-order valence-electron chi connectivity index (χ2n) is 6.33. The monoisotopic (exact) mass is 294 g/mol. The molecule has 1 aromatic rings. The van der Waals surface area contributed by atoms with Crippen molar-refractivity contribution in [3.05, 3.63) is 4.77 Å². The molecule has 3 rings (SSSR count). The highest BCUT2D eigenvalue weighted by atomic mass is 32.1. The molecule has 20 heavy (non-hydrogen) atoms. The van der Waals surface area contributed by atoms with Gasteiger partial charge in [-0.1, -0.05) is 25.7 Å². The molecule has 1 N–H and O–H groups in total. The van der Waals surface area contributed by atoms with Gasteiger partial charge < -0.3 is 4.90 Å². The number of aromatic nitrogens is 3. The van der Waals surface area contributed by atoms with E-state index < -0.39 is 0 Å². The number of nitrogens with zero attached hydrogens (tertiary/aromatic N) is 3. The number of rotatable bonds is 5. The van der Waals surface area contributed by atoms with E-state index in [1.165, 1.54) is 51.4 Å². The second-order valence-corrected chi connectivity index (χ2v) is 6.71. The minimum atomic E-state index is 0.556. The fraction of sp³-hybridized carbons (Fsp3) is 0.867. The molecule has 0 amide bonds. The molecule has 0 aliphatic heterocycles. The van der Waals surface area contributed by atoms with Gasteiger partial charge in [-0.05, 0) is 50.7 Å². The van der Waals surface area contributed by atoms with Gasteiger partial charge in [0, 0.05) is 19.1 Å². The van der Waals surface area contributed by atoms with Crippen LogP contribution in [0.25, 0.3) is 0 Å². The average Bonchev–Trinajstić information content (AvgIpc) is 2.81. The normalized spacial score (nSPS) is 20.9. The van der Waals surface area contributed by atoms with E-state index in [1.54, 1.807) is 0 Å². The molecular weight excluding hydrogens is 268 g/mol. The van der Waals surface area contributed by atoms with Crippen LogP contribution in [0, 0.1) is 10.7 Å². The SMILES string of the molecule is CCN(CC1CCC1)c1n[nH]c(=S)n1C1CCCCC1. The zero-order valence-electron chi connectivity index (χ0n) is 12.5. The number of anilines is 1. The summed E-state index contributed by atoms with van der Waals surface area (Å²) in [5.74, 6) is 1.94. The molecule has 112 valence electrons. The number of hydrogen-bond donors (Lipinski definition) is 1. The van der Waals surface area contributed by atoms with Gasteiger partial charge in [0.2, 0.25) is 5.95 Å². The molecule has 0 saturated heterocycles. The lowest BCUT2D eigenvalue weighted by Crippen LogP contribution is -2.35. The Morgan fingerprint density at radius 3 is 2.55 bits per heavy atom. The maximum atomic E-state index is 5.50. The lowest BCUT2D eigenvalue weighted by Gasteiger charge is -2.33. The number of aromatic amines is 1. The van der Waals surface area contributed by atoms with Gasteiger partial charge in [0.05, 0.1) is 0 Å². The first-order chi connectivity index (χ1) is 9.79. The highest BCUT2D eigenvalue weighted by Gasteiger charge is 2.25. The summed E-state index contributed by atoms with van der Waals surface area (Å²) in [5, 5.41) is 7.58. The van der Waals surface area contributed by atoms with E-state index in [2.05, 4.69) is 26.6 Å². The molecular formula is C15H26N4S. The smallest absolute Gasteiger partial charge is 0.225 e. The molecule has 0 spiro atoms. The fourth-order valence-electron chi connectivity index (χ4n) is 3.53. The molecule has 1 aromatic heterocycles. The van der Waals surface area contributed by atoms with Gasteiger partial charge in [0.25, 0.3) is 0 Å². The first-order valence-electron chi connectivity index (χ1n) is 8.21. The molecule has 0 radical (unpaired) electrons. The van der Waals surface area contributed by atoms with Crippen LogP contribution in [-0.4, -0.2) is 27.9 Å². The van der Waals surface area contributed by atoms with Gasteiger partial charge in [0.15, 0.2) is 4.77 Å². The summed E-state index contributed by atoms with van der Waals surface area (Å²) < 4.78 is 3.11. The Hall–Kier alpha value is -0.840. The molecule has 0 unspecified atom stereocenters. The van der Waals surface area contributed by atoms with Crippen molar-refractivity contribution < 1.29 is 0 Å². The Bertz CT molecular complexity index is 482. The largest absolute Gasteiger partial charge is 0.341 e. The summed E-state index contributed by atoms with van der Waals surface area (Å²) in [7, 11) is 0. The predicted molar refractivity (Wildman–Crippen MR) is 84.8 cm³/mol. The van der Waals surface area contributed by atoms with Crippen molar-refractivity contribution in [2.24, 2.45) is 5.92 Å². The van der Waals surface area contributed by atoms with Gasteiger partial charge in [-0.15, -0.1) is 5.10 Å². The Labute approximate surface area is 126 Å². The number of hydrogen-bond acceptors (Lipinski definition) is 3. The van der Waals surface area contributed by atoms with Crippen molar-refractivity contribution in [3.63, 3.8) is 0 Å². The van der Waals surface area contributed by atoms with Crippen molar-refractivity contribution in [3.8, 4) is 0 Å². The molecule has 2 saturated carbocycles. The quantitative estimate of drug-likeness (QED) is 0.832. The zero-order chi connectivity index (χ0) is 13.9. The second kappa shape index (κ2) is 6.29. The lowest BCUT2D eigenvalue weighted by molar-refractivity contribution is 0.312. The molecule has 4 nitrogen and oxygen atoms in total. The standard InChI is InChI=1S/C15H26N4S/c1-2-18(11-12-7-6-8-12)14-16-17-15(20)19(14)13-9-4-3-5-10-13/h12-13H,2-11H2,1H3,(H,17,20). The van der Waals surface area contributed by atoms with Crippen molar-refractivity contribution in [2.75, 3.05) is 18.0 Å². The topological polar surface area (TPSA) is 36.9 Å². The molecule has 2 fully saturated rings. The summed E-state index contributed by atoms with van der Waals surface area (Å²) in [6.45, 7) is 4.38. The van der Waals surface area contributed by atoms with Gasteiger partial charge in [-0.3, -0.25) is 4.57 Å². The Morgan fingerprint density at radius 1 is 1.20 bits per heavy atom. The summed E-state index contributed by atoms with van der Waals surface area (Å²) in [4.78, 5) is 2.42. The van der Waals surface area contributed by atoms with E-state index in [1.807, 2.05) is 0 Å². The third-order valence-electron chi connectivity index (χ3n) is 4.99. The van der Waals surface area contributed by atoms with E-state index >= 15 is 0 Å². The van der Waals surface area contributed by atoms with E-state index in [-0.39, 0.29) is 0 Å². The Balaban J connectivity index is 1.81.